The van der Waals surface area contributed by atoms with Crippen LogP contribution in [0.4, 0.5) is 14.5 Å². The van der Waals surface area contributed by atoms with Crippen molar-refractivity contribution >= 4 is 17.5 Å². The molecule has 0 bridgehead atoms. The molecule has 38 heavy (non-hydrogen) atoms. The molecule has 0 aromatic heterocycles. The van der Waals surface area contributed by atoms with E-state index in [1.54, 1.807) is 24.3 Å². The molecule has 2 amide bonds. The fourth-order valence-corrected chi connectivity index (χ4v) is 5.16. The second-order valence-corrected chi connectivity index (χ2v) is 9.95. The Morgan fingerprint density at radius 3 is 2.00 bits per heavy atom. The number of benzene rings is 3. The van der Waals surface area contributed by atoms with Crippen LogP contribution >= 0.6 is 0 Å². The average molecular weight is 521 g/mol. The molecular formula is C30H34F2N4O2. The highest BCUT2D eigenvalue weighted by Gasteiger charge is 2.32. The lowest BCUT2D eigenvalue weighted by Crippen LogP contribution is -2.59. The Labute approximate surface area is 222 Å². The van der Waals surface area contributed by atoms with E-state index in [-0.39, 0.29) is 30.0 Å². The van der Waals surface area contributed by atoms with E-state index in [1.807, 2.05) is 41.8 Å². The number of anilines is 1. The van der Waals surface area contributed by atoms with Gasteiger partial charge in [0.15, 0.2) is 0 Å². The summed E-state index contributed by atoms with van der Waals surface area (Å²) in [6, 6.07) is 17.9. The van der Waals surface area contributed by atoms with Gasteiger partial charge in [0.25, 0.3) is 0 Å². The number of piperazine rings is 1. The highest BCUT2D eigenvalue weighted by Crippen LogP contribution is 2.29. The molecule has 4 rings (SSSR count). The number of carbonyl (C=O) groups is 2. The van der Waals surface area contributed by atoms with Gasteiger partial charge in [0, 0.05) is 31.2 Å². The van der Waals surface area contributed by atoms with Gasteiger partial charge in [-0.25, -0.2) is 8.78 Å². The first kappa shape index (κ1) is 27.4. The minimum absolute atomic E-state index is 0.106. The fourth-order valence-electron chi connectivity index (χ4n) is 5.16. The Morgan fingerprint density at radius 1 is 0.921 bits per heavy atom. The zero-order valence-corrected chi connectivity index (χ0v) is 21.8. The van der Waals surface area contributed by atoms with Crippen molar-refractivity contribution in [1.29, 1.82) is 0 Å². The summed E-state index contributed by atoms with van der Waals surface area (Å²) in [7, 11) is 0. The number of rotatable bonds is 9. The van der Waals surface area contributed by atoms with Gasteiger partial charge in [-0.15, -0.1) is 0 Å². The number of para-hydroxylation sites is 1. The molecule has 1 aliphatic heterocycles. The average Bonchev–Trinajstić information content (AvgIpc) is 2.89. The summed E-state index contributed by atoms with van der Waals surface area (Å²) in [5.74, 6) is -1.32. The molecule has 1 heterocycles. The van der Waals surface area contributed by atoms with Gasteiger partial charge < -0.3 is 11.1 Å². The molecule has 8 heteroatoms. The molecule has 1 aliphatic rings. The second kappa shape index (κ2) is 12.3. The summed E-state index contributed by atoms with van der Waals surface area (Å²) in [4.78, 5) is 29.2. The van der Waals surface area contributed by atoms with Gasteiger partial charge >= 0.3 is 0 Å². The smallest absolute Gasteiger partial charge is 0.238 e. The highest BCUT2D eigenvalue weighted by atomic mass is 19.1. The van der Waals surface area contributed by atoms with E-state index in [2.05, 4.69) is 5.32 Å². The topological polar surface area (TPSA) is 78.7 Å². The van der Waals surface area contributed by atoms with Crippen LogP contribution in [0.3, 0.4) is 0 Å². The van der Waals surface area contributed by atoms with Crippen molar-refractivity contribution in [2.24, 2.45) is 5.73 Å². The molecule has 0 saturated carbocycles. The summed E-state index contributed by atoms with van der Waals surface area (Å²) < 4.78 is 27.1. The van der Waals surface area contributed by atoms with E-state index < -0.39 is 11.9 Å². The van der Waals surface area contributed by atoms with E-state index in [4.69, 9.17) is 5.73 Å². The lowest BCUT2D eigenvalue weighted by atomic mass is 9.88. The molecule has 0 aliphatic carbocycles. The van der Waals surface area contributed by atoms with Gasteiger partial charge in [0.05, 0.1) is 6.54 Å². The summed E-state index contributed by atoms with van der Waals surface area (Å²) in [6.07, 6.45) is 0.633. The summed E-state index contributed by atoms with van der Waals surface area (Å²) in [6.45, 7) is 6.18. The van der Waals surface area contributed by atoms with Crippen molar-refractivity contribution < 1.29 is 18.4 Å². The standard InChI is InChI=1S/C30H34F2N4O2/c1-20-4-3-5-21(2)29(20)34-28(37)19-35-16-17-36(27(18-35)30(33)38)15-14-26(22-6-10-24(31)11-7-22)23-8-12-25(32)13-9-23/h3-13,26-27H,14-19H2,1-2H3,(H2,33,38)(H,34,37). The Bertz CT molecular complexity index is 1200. The van der Waals surface area contributed by atoms with Gasteiger partial charge in [0.2, 0.25) is 11.8 Å². The van der Waals surface area contributed by atoms with Crippen LogP contribution in [-0.2, 0) is 9.59 Å². The van der Waals surface area contributed by atoms with E-state index in [9.17, 15) is 18.4 Å². The van der Waals surface area contributed by atoms with Crippen LogP contribution in [0.2, 0.25) is 0 Å². The van der Waals surface area contributed by atoms with E-state index >= 15 is 0 Å². The Morgan fingerprint density at radius 2 is 1.47 bits per heavy atom. The van der Waals surface area contributed by atoms with Crippen LogP contribution in [0.15, 0.2) is 66.7 Å². The molecule has 1 unspecified atom stereocenters. The SMILES string of the molecule is Cc1cccc(C)c1NC(=O)CN1CCN(CCC(c2ccc(F)cc2)c2ccc(F)cc2)C(C(N)=O)C1. The lowest BCUT2D eigenvalue weighted by Gasteiger charge is -2.40. The molecule has 6 nitrogen and oxygen atoms in total. The maximum atomic E-state index is 13.6. The predicted molar refractivity (Wildman–Crippen MR) is 145 cm³/mol. The fraction of sp³-hybridized carbons (Fsp3) is 0.333. The van der Waals surface area contributed by atoms with Crippen LogP contribution in [0.5, 0.6) is 0 Å². The number of halogens is 2. The molecule has 0 radical (unpaired) electrons. The van der Waals surface area contributed by atoms with Crippen molar-refractivity contribution in [3.63, 3.8) is 0 Å². The first-order valence-electron chi connectivity index (χ1n) is 12.8. The minimum atomic E-state index is -0.543. The normalized spacial score (nSPS) is 16.5. The molecule has 1 atom stereocenters. The predicted octanol–water partition coefficient (Wildman–Crippen LogP) is 4.21. The Balaban J connectivity index is 1.41. The Hall–Kier alpha value is -3.62. The molecule has 3 aromatic rings. The number of carbonyl (C=O) groups excluding carboxylic acids is 2. The zero-order chi connectivity index (χ0) is 27.2. The van der Waals surface area contributed by atoms with Crippen LogP contribution in [0, 0.1) is 25.5 Å². The number of hydrogen-bond donors (Lipinski definition) is 2. The van der Waals surface area contributed by atoms with Crippen molar-refractivity contribution in [3.8, 4) is 0 Å². The minimum Gasteiger partial charge on any atom is -0.368 e. The summed E-state index contributed by atoms with van der Waals surface area (Å²) >= 11 is 0. The van der Waals surface area contributed by atoms with Gasteiger partial charge in [-0.05, 0) is 73.3 Å². The third-order valence-electron chi connectivity index (χ3n) is 7.27. The van der Waals surface area contributed by atoms with Crippen LogP contribution in [0.25, 0.3) is 0 Å². The molecule has 3 N–H and O–H groups in total. The number of aryl methyl sites for hydroxylation is 2. The number of nitrogens with two attached hydrogens (primary N) is 1. The molecule has 200 valence electrons. The lowest BCUT2D eigenvalue weighted by molar-refractivity contribution is -0.127. The first-order chi connectivity index (χ1) is 18.2. The third-order valence-corrected chi connectivity index (χ3v) is 7.27. The number of nitrogens with zero attached hydrogens (tertiary/aromatic N) is 2. The zero-order valence-electron chi connectivity index (χ0n) is 21.8. The first-order valence-corrected chi connectivity index (χ1v) is 12.8. The Kier molecular flexibility index (Phi) is 8.86. The van der Waals surface area contributed by atoms with Gasteiger partial charge in [-0.1, -0.05) is 42.5 Å². The van der Waals surface area contributed by atoms with Crippen molar-refractivity contribution in [2.45, 2.75) is 32.2 Å². The van der Waals surface area contributed by atoms with Crippen LogP contribution in [0.1, 0.15) is 34.6 Å². The number of nitrogens with one attached hydrogen (secondary N) is 1. The molecule has 1 fully saturated rings. The number of amides is 2. The van der Waals surface area contributed by atoms with E-state index in [0.717, 1.165) is 27.9 Å². The van der Waals surface area contributed by atoms with Crippen LogP contribution in [-0.4, -0.2) is 60.4 Å². The van der Waals surface area contributed by atoms with E-state index in [1.165, 1.54) is 24.3 Å². The third kappa shape index (κ3) is 6.82. The van der Waals surface area contributed by atoms with Gasteiger partial charge in [-0.2, -0.15) is 0 Å². The monoisotopic (exact) mass is 520 g/mol. The number of hydrogen-bond acceptors (Lipinski definition) is 4. The second-order valence-electron chi connectivity index (χ2n) is 9.95. The van der Waals surface area contributed by atoms with Crippen molar-refractivity contribution in [1.82, 2.24) is 9.80 Å². The highest BCUT2D eigenvalue weighted by molar-refractivity contribution is 5.93. The van der Waals surface area contributed by atoms with E-state index in [0.29, 0.717) is 32.6 Å². The van der Waals surface area contributed by atoms with Gasteiger partial charge in [0.1, 0.15) is 17.7 Å². The van der Waals surface area contributed by atoms with Crippen molar-refractivity contribution in [2.75, 3.05) is 38.0 Å². The maximum Gasteiger partial charge on any atom is 0.238 e. The quantitative estimate of drug-likeness (QED) is 0.443. The molecule has 3 aromatic carbocycles. The molecule has 0 spiro atoms. The summed E-state index contributed by atoms with van der Waals surface area (Å²) in [5.41, 5.74) is 10.4. The summed E-state index contributed by atoms with van der Waals surface area (Å²) in [5, 5.41) is 3.00. The van der Waals surface area contributed by atoms with Crippen molar-refractivity contribution in [3.05, 3.63) is 101 Å². The largest absolute Gasteiger partial charge is 0.368 e. The van der Waals surface area contributed by atoms with Gasteiger partial charge in [-0.3, -0.25) is 19.4 Å². The number of primary amides is 1. The molecule has 1 saturated heterocycles. The van der Waals surface area contributed by atoms with Crippen LogP contribution < -0.4 is 11.1 Å². The maximum absolute atomic E-state index is 13.6. The molecular weight excluding hydrogens is 486 g/mol.